The summed E-state index contributed by atoms with van der Waals surface area (Å²) in [5.74, 6) is 0.256. The minimum Gasteiger partial charge on any atom is -0.493 e. The number of rotatable bonds is 8. The lowest BCUT2D eigenvalue weighted by Gasteiger charge is -2.22. The largest absolute Gasteiger partial charge is 0.493 e. The van der Waals surface area contributed by atoms with Crippen LogP contribution in [0, 0.1) is 12.8 Å². The van der Waals surface area contributed by atoms with Crippen molar-refractivity contribution in [2.75, 3.05) is 26.6 Å². The number of anilines is 1. The quantitative estimate of drug-likeness (QED) is 0.594. The first kappa shape index (κ1) is 23.5. The molecule has 8 heteroatoms. The van der Waals surface area contributed by atoms with E-state index in [2.05, 4.69) is 26.6 Å². The highest BCUT2D eigenvalue weighted by atomic mass is 79.9. The van der Waals surface area contributed by atoms with Crippen molar-refractivity contribution in [3.8, 4) is 17.2 Å². The van der Waals surface area contributed by atoms with E-state index in [1.807, 2.05) is 32.9 Å². The molecule has 2 aromatic carbocycles. The van der Waals surface area contributed by atoms with Crippen LogP contribution in [0.15, 0.2) is 34.8 Å². The summed E-state index contributed by atoms with van der Waals surface area (Å²) in [6.07, 6.45) is 0. The van der Waals surface area contributed by atoms with E-state index in [0.717, 1.165) is 10.0 Å². The van der Waals surface area contributed by atoms with Gasteiger partial charge < -0.3 is 24.8 Å². The van der Waals surface area contributed by atoms with Gasteiger partial charge in [-0.3, -0.25) is 9.59 Å². The average molecular weight is 479 g/mol. The zero-order valence-electron chi connectivity index (χ0n) is 18.0. The molecule has 2 N–H and O–H groups in total. The first-order chi connectivity index (χ1) is 14.2. The first-order valence-corrected chi connectivity index (χ1v) is 10.2. The number of ether oxygens (including phenoxy) is 3. The summed E-state index contributed by atoms with van der Waals surface area (Å²) in [6.45, 7) is 5.67. The molecule has 0 spiro atoms. The van der Waals surface area contributed by atoms with Gasteiger partial charge in [0.05, 0.1) is 21.3 Å². The number of amides is 2. The van der Waals surface area contributed by atoms with Crippen molar-refractivity contribution in [1.29, 1.82) is 0 Å². The van der Waals surface area contributed by atoms with Crippen molar-refractivity contribution >= 4 is 33.4 Å². The number of halogens is 1. The lowest BCUT2D eigenvalue weighted by Crippen LogP contribution is -2.47. The zero-order chi connectivity index (χ0) is 22.4. The van der Waals surface area contributed by atoms with Crippen LogP contribution in [0.2, 0.25) is 0 Å². The molecular weight excluding hydrogens is 452 g/mol. The van der Waals surface area contributed by atoms with Crippen molar-refractivity contribution in [2.45, 2.75) is 26.8 Å². The molecule has 2 aromatic rings. The van der Waals surface area contributed by atoms with E-state index in [1.165, 1.54) is 21.3 Å². The Labute approximate surface area is 185 Å². The van der Waals surface area contributed by atoms with E-state index in [0.29, 0.717) is 28.5 Å². The molecular formula is C22H27BrN2O5. The van der Waals surface area contributed by atoms with E-state index >= 15 is 0 Å². The number of benzene rings is 2. The van der Waals surface area contributed by atoms with Crippen LogP contribution in [0.25, 0.3) is 0 Å². The summed E-state index contributed by atoms with van der Waals surface area (Å²) in [5, 5.41) is 5.67. The molecule has 162 valence electrons. The highest BCUT2D eigenvalue weighted by Gasteiger charge is 2.26. The summed E-state index contributed by atoms with van der Waals surface area (Å²) < 4.78 is 16.8. The van der Waals surface area contributed by atoms with E-state index < -0.39 is 11.9 Å². The number of hydrogen-bond donors (Lipinski definition) is 2. The highest BCUT2D eigenvalue weighted by molar-refractivity contribution is 9.10. The molecule has 2 amide bonds. The number of methoxy groups -OCH3 is 3. The average Bonchev–Trinajstić information content (AvgIpc) is 2.72. The predicted molar refractivity (Wildman–Crippen MR) is 120 cm³/mol. The molecule has 0 radical (unpaired) electrons. The van der Waals surface area contributed by atoms with Gasteiger partial charge >= 0.3 is 0 Å². The molecule has 2 rings (SSSR count). The van der Waals surface area contributed by atoms with Gasteiger partial charge in [-0.2, -0.15) is 0 Å². The normalized spacial score (nSPS) is 11.6. The molecule has 0 aliphatic carbocycles. The van der Waals surface area contributed by atoms with Crippen LogP contribution in [-0.2, 0) is 4.79 Å². The van der Waals surface area contributed by atoms with Crippen molar-refractivity contribution < 1.29 is 23.8 Å². The molecule has 0 aliphatic rings. The van der Waals surface area contributed by atoms with Gasteiger partial charge in [-0.05, 0) is 48.7 Å². The Morgan fingerprint density at radius 1 is 0.967 bits per heavy atom. The third-order valence-corrected chi connectivity index (χ3v) is 5.48. The number of aryl methyl sites for hydroxylation is 1. The Bertz CT molecular complexity index is 905. The third kappa shape index (κ3) is 5.44. The number of hydrogen-bond acceptors (Lipinski definition) is 5. The van der Waals surface area contributed by atoms with Crippen molar-refractivity contribution in [1.82, 2.24) is 5.32 Å². The Morgan fingerprint density at radius 2 is 1.57 bits per heavy atom. The molecule has 7 nitrogen and oxygen atoms in total. The molecule has 30 heavy (non-hydrogen) atoms. The molecule has 0 saturated heterocycles. The fraction of sp³-hybridized carbons (Fsp3) is 0.364. The van der Waals surface area contributed by atoms with Gasteiger partial charge in [-0.15, -0.1) is 0 Å². The number of carbonyl (C=O) groups excluding carboxylic acids is 2. The van der Waals surface area contributed by atoms with Gasteiger partial charge in [0, 0.05) is 15.7 Å². The van der Waals surface area contributed by atoms with Crippen LogP contribution in [0.3, 0.4) is 0 Å². The molecule has 0 heterocycles. The molecule has 0 aromatic heterocycles. The smallest absolute Gasteiger partial charge is 0.252 e. The maximum absolute atomic E-state index is 12.9. The number of carbonyl (C=O) groups is 2. The Balaban J connectivity index is 2.24. The Morgan fingerprint density at radius 3 is 2.03 bits per heavy atom. The van der Waals surface area contributed by atoms with Crippen LogP contribution in [0.1, 0.15) is 29.8 Å². The molecule has 0 saturated carbocycles. The predicted octanol–water partition coefficient (Wildman–Crippen LogP) is 4.18. The first-order valence-electron chi connectivity index (χ1n) is 9.39. The van der Waals surface area contributed by atoms with E-state index in [-0.39, 0.29) is 11.8 Å². The van der Waals surface area contributed by atoms with E-state index in [4.69, 9.17) is 14.2 Å². The summed E-state index contributed by atoms with van der Waals surface area (Å²) in [4.78, 5) is 25.8. The summed E-state index contributed by atoms with van der Waals surface area (Å²) in [6, 6.07) is 7.88. The maximum Gasteiger partial charge on any atom is 0.252 e. The van der Waals surface area contributed by atoms with Gasteiger partial charge in [0.15, 0.2) is 11.5 Å². The molecule has 0 bridgehead atoms. The maximum atomic E-state index is 12.9. The highest BCUT2D eigenvalue weighted by Crippen LogP contribution is 2.38. The van der Waals surface area contributed by atoms with Gasteiger partial charge in [0.25, 0.3) is 5.91 Å². The lowest BCUT2D eigenvalue weighted by atomic mass is 10.0. The second-order valence-corrected chi connectivity index (χ2v) is 7.92. The third-order valence-electron chi connectivity index (χ3n) is 4.59. The van der Waals surface area contributed by atoms with E-state index in [1.54, 1.807) is 18.2 Å². The second-order valence-electron chi connectivity index (χ2n) is 7.06. The fourth-order valence-corrected chi connectivity index (χ4v) is 3.16. The van der Waals surface area contributed by atoms with Crippen LogP contribution >= 0.6 is 15.9 Å². The molecule has 0 aliphatic heterocycles. The van der Waals surface area contributed by atoms with Crippen molar-refractivity contribution in [3.05, 3.63) is 45.9 Å². The summed E-state index contributed by atoms with van der Waals surface area (Å²) >= 11 is 3.44. The fourth-order valence-electron chi connectivity index (χ4n) is 2.91. The van der Waals surface area contributed by atoms with E-state index in [9.17, 15) is 9.59 Å². The Kier molecular flexibility index (Phi) is 8.11. The summed E-state index contributed by atoms with van der Waals surface area (Å²) in [5.41, 5.74) is 1.95. The van der Waals surface area contributed by atoms with Crippen LogP contribution < -0.4 is 24.8 Å². The standard InChI is InChI=1S/C22H27BrN2O5/c1-12(2)19(22(27)24-15-7-8-16(23)13(3)9-15)25-21(26)14-10-17(28-4)20(30-6)18(11-14)29-5/h7-12,19H,1-6H3,(H,24,27)(H,25,26). The monoisotopic (exact) mass is 478 g/mol. The van der Waals surface area contributed by atoms with Gasteiger partial charge in [0.2, 0.25) is 11.7 Å². The van der Waals surface area contributed by atoms with Crippen molar-refractivity contribution in [2.24, 2.45) is 5.92 Å². The van der Waals surface area contributed by atoms with Crippen LogP contribution in [0.5, 0.6) is 17.2 Å². The number of nitrogens with one attached hydrogen (secondary N) is 2. The SMILES string of the molecule is COc1cc(C(=O)NC(C(=O)Nc2ccc(Br)c(C)c2)C(C)C)cc(OC)c1OC. The van der Waals surface area contributed by atoms with Gasteiger partial charge in [-0.1, -0.05) is 29.8 Å². The van der Waals surface area contributed by atoms with Crippen LogP contribution in [-0.4, -0.2) is 39.2 Å². The second kappa shape index (κ2) is 10.3. The topological polar surface area (TPSA) is 85.9 Å². The lowest BCUT2D eigenvalue weighted by molar-refractivity contribution is -0.118. The van der Waals surface area contributed by atoms with Gasteiger partial charge in [0.1, 0.15) is 6.04 Å². The Hall–Kier alpha value is -2.74. The van der Waals surface area contributed by atoms with Crippen molar-refractivity contribution in [3.63, 3.8) is 0 Å². The molecule has 0 fully saturated rings. The van der Waals surface area contributed by atoms with Crippen LogP contribution in [0.4, 0.5) is 5.69 Å². The minimum atomic E-state index is -0.736. The molecule has 1 unspecified atom stereocenters. The zero-order valence-corrected chi connectivity index (χ0v) is 19.5. The minimum absolute atomic E-state index is 0.132. The summed E-state index contributed by atoms with van der Waals surface area (Å²) in [7, 11) is 4.44. The van der Waals surface area contributed by atoms with Gasteiger partial charge in [-0.25, -0.2) is 0 Å². The molecule has 1 atom stereocenters.